The Kier molecular flexibility index (Phi) is 3.87. The van der Waals surface area contributed by atoms with E-state index in [4.69, 9.17) is 10.5 Å². The predicted octanol–water partition coefficient (Wildman–Crippen LogP) is 0.787. The largest absolute Gasteiger partial charge is 0.397 e. The molecule has 0 aliphatic carbocycles. The maximum absolute atomic E-state index is 8.00. The van der Waals surface area contributed by atoms with Crippen LogP contribution in [0.1, 0.15) is 5.69 Å². The van der Waals surface area contributed by atoms with Crippen molar-refractivity contribution in [2.75, 3.05) is 5.73 Å². The van der Waals surface area contributed by atoms with Crippen molar-refractivity contribution in [3.05, 3.63) is 24.0 Å². The van der Waals surface area contributed by atoms with Crippen molar-refractivity contribution in [3.8, 4) is 0 Å². The van der Waals surface area contributed by atoms with Crippen LogP contribution < -0.4 is 5.73 Å². The molecule has 0 fully saturated rings. The molecule has 0 saturated carbocycles. The monoisotopic (exact) mass is 138 g/mol. The summed E-state index contributed by atoms with van der Waals surface area (Å²) in [5.74, 6) is 0. The number of nitrogens with zero attached hydrogens (tertiary/aromatic N) is 1. The van der Waals surface area contributed by atoms with Gasteiger partial charge in [-0.05, 0) is 19.1 Å². The van der Waals surface area contributed by atoms with E-state index in [0.29, 0.717) is 0 Å². The summed E-state index contributed by atoms with van der Waals surface area (Å²) >= 11 is 0. The van der Waals surface area contributed by atoms with Crippen LogP contribution in [-0.4, -0.2) is 11.8 Å². The number of pyridine rings is 1. The Morgan fingerprint density at radius 3 is 2.50 bits per heavy atom. The smallest absolute Gasteiger partial charge is 0.106 e. The van der Waals surface area contributed by atoms with Crippen LogP contribution in [0.5, 0.6) is 0 Å². The van der Waals surface area contributed by atoms with E-state index in [1.165, 1.54) is 0 Å². The molecule has 0 radical (unpaired) electrons. The zero-order valence-corrected chi connectivity index (χ0v) is 5.87. The number of aromatic nitrogens is 1. The molecular weight excluding hydrogens is 128 g/mol. The van der Waals surface area contributed by atoms with E-state index in [0.717, 1.165) is 11.4 Å². The topological polar surface area (TPSA) is 56.0 Å². The fraction of sp³-hybridized carbons (Fsp3) is 0.143. The van der Waals surface area contributed by atoms with Gasteiger partial charge in [-0.15, -0.1) is 0 Å². The molecule has 1 aromatic rings. The summed E-state index contributed by atoms with van der Waals surface area (Å²) in [5.41, 5.74) is 7.11. The minimum Gasteiger partial charge on any atom is -0.397 e. The molecule has 0 spiro atoms. The molecule has 3 nitrogen and oxygen atoms in total. The highest BCUT2D eigenvalue weighted by atomic mass is 16.1. The number of nitrogen functional groups attached to an aromatic ring is 1. The van der Waals surface area contributed by atoms with Crippen LogP contribution in [0.3, 0.4) is 0 Å². The third kappa shape index (κ3) is 2.26. The fourth-order valence-electron chi connectivity index (χ4n) is 0.497. The van der Waals surface area contributed by atoms with Crippen LogP contribution >= 0.6 is 0 Å². The molecule has 1 heterocycles. The van der Waals surface area contributed by atoms with Gasteiger partial charge in [0.15, 0.2) is 0 Å². The molecule has 1 aromatic heterocycles. The molecule has 0 saturated heterocycles. The number of aryl methyl sites for hydroxylation is 1. The summed E-state index contributed by atoms with van der Waals surface area (Å²) in [5, 5.41) is 0. The minimum atomic E-state index is 0.757. The summed E-state index contributed by atoms with van der Waals surface area (Å²) < 4.78 is 0. The Morgan fingerprint density at radius 2 is 2.20 bits per heavy atom. The van der Waals surface area contributed by atoms with Gasteiger partial charge in [0.1, 0.15) is 6.79 Å². The van der Waals surface area contributed by atoms with Crippen molar-refractivity contribution in [3.63, 3.8) is 0 Å². The van der Waals surface area contributed by atoms with Crippen LogP contribution in [0, 0.1) is 6.92 Å². The van der Waals surface area contributed by atoms with Crippen LogP contribution in [-0.2, 0) is 4.79 Å². The number of anilines is 1. The van der Waals surface area contributed by atoms with Gasteiger partial charge in [0, 0.05) is 6.20 Å². The summed E-state index contributed by atoms with van der Waals surface area (Å²) in [4.78, 5) is 12.0. The third-order valence-electron chi connectivity index (χ3n) is 1.05. The second-order valence-corrected chi connectivity index (χ2v) is 1.68. The van der Waals surface area contributed by atoms with Crippen molar-refractivity contribution in [2.45, 2.75) is 6.92 Å². The van der Waals surface area contributed by atoms with E-state index in [1.807, 2.05) is 25.8 Å². The summed E-state index contributed by atoms with van der Waals surface area (Å²) in [6, 6.07) is 3.66. The normalized spacial score (nSPS) is 7.70. The number of hydrogen-bond acceptors (Lipinski definition) is 3. The van der Waals surface area contributed by atoms with Gasteiger partial charge in [-0.25, -0.2) is 0 Å². The average Bonchev–Trinajstić information content (AvgIpc) is 2.00. The van der Waals surface area contributed by atoms with E-state index < -0.39 is 0 Å². The van der Waals surface area contributed by atoms with Crippen molar-refractivity contribution in [1.29, 1.82) is 0 Å². The molecule has 0 amide bonds. The molecule has 0 aromatic carbocycles. The first-order valence-corrected chi connectivity index (χ1v) is 2.76. The molecule has 3 heteroatoms. The Labute approximate surface area is 59.9 Å². The zero-order valence-electron chi connectivity index (χ0n) is 5.87. The second-order valence-electron chi connectivity index (χ2n) is 1.68. The number of nitrogens with two attached hydrogens (primary N) is 1. The summed E-state index contributed by atoms with van der Waals surface area (Å²) in [7, 11) is 0. The van der Waals surface area contributed by atoms with E-state index in [-0.39, 0.29) is 0 Å². The summed E-state index contributed by atoms with van der Waals surface area (Å²) in [6.45, 7) is 3.88. The molecule has 0 atom stereocenters. The molecule has 0 aliphatic rings. The predicted molar refractivity (Wildman–Crippen MR) is 40.5 cm³/mol. The number of hydrogen-bond donors (Lipinski definition) is 1. The Morgan fingerprint density at radius 1 is 1.60 bits per heavy atom. The summed E-state index contributed by atoms with van der Waals surface area (Å²) in [6.07, 6.45) is 1.73. The van der Waals surface area contributed by atoms with Gasteiger partial charge in [-0.2, -0.15) is 0 Å². The lowest BCUT2D eigenvalue weighted by atomic mass is 10.3. The standard InChI is InChI=1S/C6H8N2.CH2O/c1-5-6(7)3-2-4-8-5;1-2/h2-4H,7H2,1H3;1H2. The van der Waals surface area contributed by atoms with Crippen LogP contribution in [0.25, 0.3) is 0 Å². The SMILES string of the molecule is C=O.Cc1ncccc1N. The molecule has 1 rings (SSSR count). The highest BCUT2D eigenvalue weighted by Crippen LogP contribution is 2.02. The van der Waals surface area contributed by atoms with Gasteiger partial charge < -0.3 is 10.5 Å². The van der Waals surface area contributed by atoms with Crippen molar-refractivity contribution in [1.82, 2.24) is 4.98 Å². The number of carbonyl (C=O) groups excluding carboxylic acids is 1. The third-order valence-corrected chi connectivity index (χ3v) is 1.05. The van der Waals surface area contributed by atoms with Crippen LogP contribution in [0.2, 0.25) is 0 Å². The first kappa shape index (κ1) is 8.62. The van der Waals surface area contributed by atoms with Crippen molar-refractivity contribution in [2.24, 2.45) is 0 Å². The van der Waals surface area contributed by atoms with E-state index in [1.54, 1.807) is 6.20 Å². The lowest BCUT2D eigenvalue weighted by Crippen LogP contribution is -1.89. The highest BCUT2D eigenvalue weighted by Gasteiger charge is 1.86. The second kappa shape index (κ2) is 4.49. The van der Waals surface area contributed by atoms with Gasteiger partial charge >= 0.3 is 0 Å². The van der Waals surface area contributed by atoms with Crippen molar-refractivity contribution < 1.29 is 4.79 Å². The fourth-order valence-corrected chi connectivity index (χ4v) is 0.497. The molecule has 54 valence electrons. The van der Waals surface area contributed by atoms with Crippen molar-refractivity contribution >= 4 is 12.5 Å². The first-order valence-electron chi connectivity index (χ1n) is 2.76. The van der Waals surface area contributed by atoms with Gasteiger partial charge in [-0.1, -0.05) is 0 Å². The lowest BCUT2D eigenvalue weighted by Gasteiger charge is -1.92. The quantitative estimate of drug-likeness (QED) is 0.576. The maximum Gasteiger partial charge on any atom is 0.106 e. The average molecular weight is 138 g/mol. The van der Waals surface area contributed by atoms with Gasteiger partial charge in [0.25, 0.3) is 0 Å². The lowest BCUT2D eigenvalue weighted by molar-refractivity contribution is -0.0979. The maximum atomic E-state index is 8.00. The van der Waals surface area contributed by atoms with Gasteiger partial charge in [0.05, 0.1) is 11.4 Å². The van der Waals surface area contributed by atoms with Gasteiger partial charge in [-0.3, -0.25) is 4.98 Å². The first-order chi connectivity index (χ1) is 4.80. The number of rotatable bonds is 0. The highest BCUT2D eigenvalue weighted by molar-refractivity contribution is 5.40. The zero-order chi connectivity index (χ0) is 7.98. The molecule has 10 heavy (non-hydrogen) atoms. The van der Waals surface area contributed by atoms with E-state index >= 15 is 0 Å². The van der Waals surface area contributed by atoms with E-state index in [2.05, 4.69) is 4.98 Å². The molecule has 2 N–H and O–H groups in total. The Balaban J connectivity index is 0.000000371. The Bertz CT molecular complexity index is 180. The Hall–Kier alpha value is -1.38. The molecule has 0 aliphatic heterocycles. The van der Waals surface area contributed by atoms with Crippen LogP contribution in [0.4, 0.5) is 5.69 Å². The molecule has 0 bridgehead atoms. The minimum absolute atomic E-state index is 0.757. The molecular formula is C7H10N2O. The van der Waals surface area contributed by atoms with E-state index in [9.17, 15) is 0 Å². The molecule has 0 unspecified atom stereocenters. The van der Waals surface area contributed by atoms with Crippen LogP contribution in [0.15, 0.2) is 18.3 Å². The van der Waals surface area contributed by atoms with Gasteiger partial charge in [0.2, 0.25) is 0 Å². The number of carbonyl (C=O) groups is 1.